The number of carbonyl (C=O) groups is 2. The number of benzene rings is 2. The number of nitrogens with zero attached hydrogens (tertiary/aromatic N) is 4. The Morgan fingerprint density at radius 2 is 1.69 bits per heavy atom. The molecule has 0 saturated carbocycles. The Morgan fingerprint density at radius 3 is 2.39 bits per heavy atom. The van der Waals surface area contributed by atoms with Crippen molar-refractivity contribution in [3.8, 4) is 0 Å². The van der Waals surface area contributed by atoms with Gasteiger partial charge in [-0.2, -0.15) is 5.10 Å². The highest BCUT2D eigenvalue weighted by molar-refractivity contribution is 5.93. The van der Waals surface area contributed by atoms with Crippen LogP contribution in [-0.4, -0.2) is 53.1 Å². The van der Waals surface area contributed by atoms with Crippen molar-refractivity contribution in [2.75, 3.05) is 36.4 Å². The maximum Gasteiger partial charge on any atom is 0.229 e. The number of piperidine rings is 1. The van der Waals surface area contributed by atoms with E-state index in [1.165, 1.54) is 17.7 Å². The maximum absolute atomic E-state index is 13.1. The number of rotatable bonds is 6. The Labute approximate surface area is 210 Å². The predicted molar refractivity (Wildman–Crippen MR) is 136 cm³/mol. The van der Waals surface area contributed by atoms with E-state index in [9.17, 15) is 14.0 Å². The topological polar surface area (TPSA) is 78.4 Å². The number of carbonyl (C=O) groups excluding carboxylic acids is 2. The smallest absolute Gasteiger partial charge is 0.229 e. The summed E-state index contributed by atoms with van der Waals surface area (Å²) in [6.07, 6.45) is 4.55. The van der Waals surface area contributed by atoms with Crippen molar-refractivity contribution in [2.24, 2.45) is 5.92 Å². The van der Waals surface area contributed by atoms with Gasteiger partial charge < -0.3 is 15.1 Å². The number of anilines is 2. The second-order valence-electron chi connectivity index (χ2n) is 9.58. The third-order valence-electron chi connectivity index (χ3n) is 7.21. The fourth-order valence-electron chi connectivity index (χ4n) is 5.08. The van der Waals surface area contributed by atoms with Crippen LogP contribution in [0, 0.1) is 11.7 Å². The first-order valence-electron chi connectivity index (χ1n) is 12.5. The summed E-state index contributed by atoms with van der Waals surface area (Å²) in [5.74, 6) is 0.940. The molecular weight excluding hydrogens is 457 g/mol. The van der Waals surface area contributed by atoms with Gasteiger partial charge in [0, 0.05) is 38.1 Å². The maximum atomic E-state index is 13.1. The van der Waals surface area contributed by atoms with Crippen molar-refractivity contribution >= 4 is 23.3 Å². The lowest BCUT2D eigenvalue weighted by atomic mass is 9.89. The van der Waals surface area contributed by atoms with Crippen molar-refractivity contribution in [2.45, 2.75) is 31.6 Å². The van der Waals surface area contributed by atoms with Gasteiger partial charge in [0.15, 0.2) is 5.82 Å². The molecule has 2 amide bonds. The second kappa shape index (κ2) is 10.8. The van der Waals surface area contributed by atoms with Gasteiger partial charge in [0.1, 0.15) is 5.82 Å². The highest BCUT2D eigenvalue weighted by atomic mass is 19.1. The molecule has 36 heavy (non-hydrogen) atoms. The largest absolute Gasteiger partial charge is 0.354 e. The van der Waals surface area contributed by atoms with Gasteiger partial charge in [-0.15, -0.1) is 5.10 Å². The molecule has 2 aromatic carbocycles. The molecule has 1 aromatic heterocycles. The van der Waals surface area contributed by atoms with E-state index in [4.69, 9.17) is 0 Å². The minimum absolute atomic E-state index is 0.0297. The SMILES string of the molecule is O=C(Nc1ccc(C2CCN(C(=O)Cc3ccc(F)cc3)CC2)cc1)[C@H]1CCN(c2cccnn2)C1. The van der Waals surface area contributed by atoms with Gasteiger partial charge in [0.2, 0.25) is 11.8 Å². The van der Waals surface area contributed by atoms with Gasteiger partial charge in [0.25, 0.3) is 0 Å². The van der Waals surface area contributed by atoms with Gasteiger partial charge in [-0.1, -0.05) is 24.3 Å². The third kappa shape index (κ3) is 5.70. The monoisotopic (exact) mass is 487 g/mol. The van der Waals surface area contributed by atoms with Gasteiger partial charge in [-0.3, -0.25) is 9.59 Å². The lowest BCUT2D eigenvalue weighted by molar-refractivity contribution is -0.131. The number of amides is 2. The van der Waals surface area contributed by atoms with E-state index < -0.39 is 0 Å². The number of hydrogen-bond donors (Lipinski definition) is 1. The fourth-order valence-corrected chi connectivity index (χ4v) is 5.08. The van der Waals surface area contributed by atoms with E-state index in [1.54, 1.807) is 18.3 Å². The fraction of sp³-hybridized carbons (Fsp3) is 0.357. The first-order chi connectivity index (χ1) is 17.5. The minimum Gasteiger partial charge on any atom is -0.354 e. The molecule has 5 rings (SSSR count). The molecule has 186 valence electrons. The summed E-state index contributed by atoms with van der Waals surface area (Å²) in [4.78, 5) is 29.4. The van der Waals surface area contributed by atoms with Crippen LogP contribution >= 0.6 is 0 Å². The average molecular weight is 488 g/mol. The van der Waals surface area contributed by atoms with E-state index in [1.807, 2.05) is 29.2 Å². The Hall–Kier alpha value is -3.81. The summed E-state index contributed by atoms with van der Waals surface area (Å²) >= 11 is 0. The van der Waals surface area contributed by atoms with E-state index in [2.05, 4.69) is 32.5 Å². The summed E-state index contributed by atoms with van der Waals surface area (Å²) in [6.45, 7) is 2.86. The summed E-state index contributed by atoms with van der Waals surface area (Å²) in [7, 11) is 0. The van der Waals surface area contributed by atoms with E-state index in [-0.39, 0.29) is 23.5 Å². The molecule has 2 saturated heterocycles. The molecule has 2 aliphatic rings. The lowest BCUT2D eigenvalue weighted by Gasteiger charge is -2.32. The molecule has 2 fully saturated rings. The van der Waals surface area contributed by atoms with Crippen molar-refractivity contribution in [1.82, 2.24) is 15.1 Å². The van der Waals surface area contributed by atoms with Gasteiger partial charge in [-0.25, -0.2) is 4.39 Å². The molecule has 3 aromatic rings. The van der Waals surface area contributed by atoms with Crippen LogP contribution in [0.5, 0.6) is 0 Å². The molecule has 7 nitrogen and oxygen atoms in total. The highest BCUT2D eigenvalue weighted by Crippen LogP contribution is 2.30. The quantitative estimate of drug-likeness (QED) is 0.568. The second-order valence-corrected chi connectivity index (χ2v) is 9.58. The Balaban J connectivity index is 1.09. The summed E-state index contributed by atoms with van der Waals surface area (Å²) in [5, 5.41) is 11.1. The van der Waals surface area contributed by atoms with Crippen LogP contribution in [0.4, 0.5) is 15.9 Å². The normalized spacial score (nSPS) is 18.3. The van der Waals surface area contributed by atoms with Crippen molar-refractivity contribution < 1.29 is 14.0 Å². The van der Waals surface area contributed by atoms with E-state index in [0.29, 0.717) is 32.0 Å². The number of halogens is 1. The van der Waals surface area contributed by atoms with Crippen LogP contribution in [-0.2, 0) is 16.0 Å². The predicted octanol–water partition coefficient (Wildman–Crippen LogP) is 4.03. The van der Waals surface area contributed by atoms with Crippen molar-refractivity contribution in [3.05, 3.63) is 83.8 Å². The van der Waals surface area contributed by atoms with Gasteiger partial charge >= 0.3 is 0 Å². The number of aromatic nitrogens is 2. The molecule has 0 bridgehead atoms. The lowest BCUT2D eigenvalue weighted by Crippen LogP contribution is -2.38. The van der Waals surface area contributed by atoms with Crippen LogP contribution in [0.3, 0.4) is 0 Å². The number of nitrogens with one attached hydrogen (secondary N) is 1. The van der Waals surface area contributed by atoms with Crippen LogP contribution in [0.1, 0.15) is 36.3 Å². The zero-order chi connectivity index (χ0) is 24.9. The standard InChI is InChI=1S/C28H30FN5O2/c29-24-7-3-20(4-8-24)18-27(35)33-15-11-22(12-16-33)21-5-9-25(10-6-21)31-28(36)23-13-17-34(19-23)26-2-1-14-30-32-26/h1-10,14,22-23H,11-13,15-19H2,(H,31,36)/t23-/m0/s1. The van der Waals surface area contributed by atoms with Crippen LogP contribution < -0.4 is 10.2 Å². The zero-order valence-corrected chi connectivity index (χ0v) is 20.1. The van der Waals surface area contributed by atoms with E-state index in [0.717, 1.165) is 42.9 Å². The highest BCUT2D eigenvalue weighted by Gasteiger charge is 2.29. The molecule has 8 heteroatoms. The van der Waals surface area contributed by atoms with Crippen LogP contribution in [0.2, 0.25) is 0 Å². The molecule has 3 heterocycles. The zero-order valence-electron chi connectivity index (χ0n) is 20.1. The third-order valence-corrected chi connectivity index (χ3v) is 7.21. The Bertz CT molecular complexity index is 1180. The molecular formula is C28H30FN5O2. The van der Waals surface area contributed by atoms with Crippen molar-refractivity contribution in [1.29, 1.82) is 0 Å². The molecule has 0 radical (unpaired) electrons. The van der Waals surface area contributed by atoms with Gasteiger partial charge in [-0.05, 0) is 72.7 Å². The summed E-state index contributed by atoms with van der Waals surface area (Å²) in [6, 6.07) is 18.0. The number of likely N-dealkylation sites (tertiary alicyclic amines) is 1. The Kier molecular flexibility index (Phi) is 7.21. The number of hydrogen-bond acceptors (Lipinski definition) is 5. The minimum atomic E-state index is -0.291. The summed E-state index contributed by atoms with van der Waals surface area (Å²) in [5.41, 5.74) is 2.86. The molecule has 0 unspecified atom stereocenters. The van der Waals surface area contributed by atoms with Gasteiger partial charge in [0.05, 0.1) is 12.3 Å². The molecule has 1 N–H and O–H groups in total. The van der Waals surface area contributed by atoms with Crippen LogP contribution in [0.15, 0.2) is 66.9 Å². The Morgan fingerprint density at radius 1 is 0.944 bits per heavy atom. The first-order valence-corrected chi connectivity index (χ1v) is 12.5. The molecule has 0 spiro atoms. The van der Waals surface area contributed by atoms with E-state index >= 15 is 0 Å². The average Bonchev–Trinajstić information content (AvgIpc) is 3.42. The first kappa shape index (κ1) is 23.9. The molecule has 2 aliphatic heterocycles. The van der Waals surface area contributed by atoms with Crippen molar-refractivity contribution in [3.63, 3.8) is 0 Å². The summed E-state index contributed by atoms with van der Waals surface area (Å²) < 4.78 is 13.1. The molecule has 0 aliphatic carbocycles. The molecule has 1 atom stereocenters. The van der Waals surface area contributed by atoms with Crippen LogP contribution in [0.25, 0.3) is 0 Å².